The predicted octanol–water partition coefficient (Wildman–Crippen LogP) is 1.75. The zero-order chi connectivity index (χ0) is 21.8. The highest BCUT2D eigenvalue weighted by molar-refractivity contribution is 7.89. The molecule has 0 spiro atoms. The van der Waals surface area contributed by atoms with Gasteiger partial charge in [-0.3, -0.25) is 9.59 Å². The van der Waals surface area contributed by atoms with E-state index in [9.17, 15) is 22.8 Å². The minimum atomic E-state index is -3.69. The summed E-state index contributed by atoms with van der Waals surface area (Å²) in [5.74, 6) is -1.30. The smallest absolute Gasteiger partial charge is 0.331 e. The van der Waals surface area contributed by atoms with E-state index in [1.807, 2.05) is 0 Å². The van der Waals surface area contributed by atoms with Crippen LogP contribution in [0.3, 0.4) is 0 Å². The van der Waals surface area contributed by atoms with E-state index in [-0.39, 0.29) is 35.6 Å². The van der Waals surface area contributed by atoms with Crippen LogP contribution in [0.1, 0.15) is 50.4 Å². The van der Waals surface area contributed by atoms with Gasteiger partial charge in [-0.05, 0) is 45.2 Å². The number of methoxy groups -OCH3 is 1. The molecule has 29 heavy (non-hydrogen) atoms. The van der Waals surface area contributed by atoms with Gasteiger partial charge in [-0.25, -0.2) is 13.2 Å². The topological polar surface area (TPSA) is 110 Å². The molecule has 1 aliphatic heterocycles. The Morgan fingerprint density at radius 2 is 1.72 bits per heavy atom. The number of ketones is 1. The van der Waals surface area contributed by atoms with E-state index in [4.69, 9.17) is 4.74 Å². The molecule has 1 amide bonds. The van der Waals surface area contributed by atoms with E-state index < -0.39 is 21.5 Å². The molecule has 0 aromatic heterocycles. The fourth-order valence-corrected chi connectivity index (χ4v) is 4.72. The SMILES string of the molecule is CCC(C)(NC(=O)C1CCN(S(=O)(=O)c2ccc(C(C)=O)cc2)CC1)C(=O)OC. The van der Waals surface area contributed by atoms with Gasteiger partial charge in [0.25, 0.3) is 0 Å². The number of nitrogens with zero attached hydrogens (tertiary/aromatic N) is 1. The van der Waals surface area contributed by atoms with Gasteiger partial charge in [-0.15, -0.1) is 0 Å². The number of carbonyl (C=O) groups is 3. The Morgan fingerprint density at radius 3 is 2.17 bits per heavy atom. The average molecular weight is 425 g/mol. The number of amides is 1. The lowest BCUT2D eigenvalue weighted by Crippen LogP contribution is -2.55. The molecule has 0 aliphatic carbocycles. The van der Waals surface area contributed by atoms with Crippen LogP contribution in [-0.4, -0.2) is 56.1 Å². The first-order valence-electron chi connectivity index (χ1n) is 9.56. The van der Waals surface area contributed by atoms with Gasteiger partial charge in [0.15, 0.2) is 5.78 Å². The number of piperidine rings is 1. The van der Waals surface area contributed by atoms with Crippen LogP contribution in [0.15, 0.2) is 29.2 Å². The summed E-state index contributed by atoms with van der Waals surface area (Å²) in [6.45, 7) is 5.22. The van der Waals surface area contributed by atoms with E-state index in [2.05, 4.69) is 5.32 Å². The highest BCUT2D eigenvalue weighted by atomic mass is 32.2. The van der Waals surface area contributed by atoms with Crippen LogP contribution in [0.4, 0.5) is 0 Å². The van der Waals surface area contributed by atoms with Crippen LogP contribution in [0.2, 0.25) is 0 Å². The van der Waals surface area contributed by atoms with Crippen molar-refractivity contribution in [3.63, 3.8) is 0 Å². The number of Topliss-reactive ketones (excluding diaryl/α,β-unsaturated/α-hetero) is 1. The molecular formula is C20H28N2O6S. The van der Waals surface area contributed by atoms with Crippen LogP contribution in [-0.2, 0) is 24.3 Å². The lowest BCUT2D eigenvalue weighted by atomic mass is 9.93. The standard InChI is InChI=1S/C20H28N2O6S/c1-5-20(3,19(25)28-4)21-18(24)16-10-12-22(13-11-16)29(26,27)17-8-6-15(7-9-17)14(2)23/h6-9,16H,5,10-13H2,1-4H3,(H,21,24). The molecule has 0 bridgehead atoms. The number of benzene rings is 1. The highest BCUT2D eigenvalue weighted by Gasteiger charge is 2.38. The van der Waals surface area contributed by atoms with E-state index >= 15 is 0 Å². The molecule has 1 aromatic carbocycles. The van der Waals surface area contributed by atoms with Crippen molar-refractivity contribution in [1.29, 1.82) is 0 Å². The molecule has 1 aliphatic rings. The minimum Gasteiger partial charge on any atom is -0.467 e. The molecular weight excluding hydrogens is 396 g/mol. The summed E-state index contributed by atoms with van der Waals surface area (Å²) >= 11 is 0. The molecule has 160 valence electrons. The van der Waals surface area contributed by atoms with Crippen LogP contribution in [0.5, 0.6) is 0 Å². The van der Waals surface area contributed by atoms with E-state index in [0.29, 0.717) is 24.8 Å². The molecule has 1 heterocycles. The maximum absolute atomic E-state index is 12.8. The van der Waals surface area contributed by atoms with E-state index in [0.717, 1.165) is 0 Å². The van der Waals surface area contributed by atoms with E-state index in [1.54, 1.807) is 13.8 Å². The zero-order valence-electron chi connectivity index (χ0n) is 17.2. The number of hydrogen-bond acceptors (Lipinski definition) is 6. The van der Waals surface area contributed by atoms with Crippen LogP contribution < -0.4 is 5.32 Å². The van der Waals surface area contributed by atoms with Gasteiger partial charge in [0.05, 0.1) is 12.0 Å². The quantitative estimate of drug-likeness (QED) is 0.527. The first-order chi connectivity index (χ1) is 13.5. The van der Waals surface area contributed by atoms with Gasteiger partial charge in [0.1, 0.15) is 5.54 Å². The maximum atomic E-state index is 12.8. The third-order valence-corrected chi connectivity index (χ3v) is 7.38. The Kier molecular flexibility index (Phi) is 7.18. The number of nitrogens with one attached hydrogen (secondary N) is 1. The van der Waals surface area contributed by atoms with Gasteiger partial charge in [-0.1, -0.05) is 19.1 Å². The number of carbonyl (C=O) groups excluding carboxylic acids is 3. The summed E-state index contributed by atoms with van der Waals surface area (Å²) in [4.78, 5) is 36.0. The number of esters is 1. The summed E-state index contributed by atoms with van der Waals surface area (Å²) in [5.41, 5.74) is -0.656. The van der Waals surface area contributed by atoms with Crippen molar-refractivity contribution in [1.82, 2.24) is 9.62 Å². The third-order valence-electron chi connectivity index (χ3n) is 5.47. The van der Waals surface area contributed by atoms with Crippen LogP contribution in [0.25, 0.3) is 0 Å². The molecule has 1 aromatic rings. The summed E-state index contributed by atoms with van der Waals surface area (Å²) in [5, 5.41) is 2.75. The Bertz CT molecular complexity index is 873. The van der Waals surface area contributed by atoms with Gasteiger partial charge in [-0.2, -0.15) is 4.31 Å². The Labute approximate surface area is 171 Å². The monoisotopic (exact) mass is 424 g/mol. The fourth-order valence-electron chi connectivity index (χ4n) is 3.25. The molecule has 9 heteroatoms. The van der Waals surface area contributed by atoms with Crippen molar-refractivity contribution in [3.8, 4) is 0 Å². The van der Waals surface area contributed by atoms with Crippen molar-refractivity contribution in [2.24, 2.45) is 5.92 Å². The molecule has 1 fully saturated rings. The molecule has 0 radical (unpaired) electrons. The average Bonchev–Trinajstić information content (AvgIpc) is 2.73. The summed E-state index contributed by atoms with van der Waals surface area (Å²) in [6, 6.07) is 5.84. The Balaban J connectivity index is 2.03. The summed E-state index contributed by atoms with van der Waals surface area (Å²) < 4.78 is 31.8. The Morgan fingerprint density at radius 1 is 1.17 bits per heavy atom. The second kappa shape index (κ2) is 9.04. The second-order valence-corrected chi connectivity index (χ2v) is 9.36. The normalized spacial score (nSPS) is 17.9. The second-order valence-electron chi connectivity index (χ2n) is 7.43. The molecule has 1 atom stereocenters. The van der Waals surface area contributed by atoms with Crippen molar-refractivity contribution < 1.29 is 27.5 Å². The molecule has 1 unspecified atom stereocenters. The van der Waals surface area contributed by atoms with E-state index in [1.165, 1.54) is 42.6 Å². The van der Waals surface area contributed by atoms with Crippen molar-refractivity contribution in [3.05, 3.63) is 29.8 Å². The highest BCUT2D eigenvalue weighted by Crippen LogP contribution is 2.25. The zero-order valence-corrected chi connectivity index (χ0v) is 18.0. The lowest BCUT2D eigenvalue weighted by Gasteiger charge is -2.33. The molecule has 1 N–H and O–H groups in total. The fraction of sp³-hybridized carbons (Fsp3) is 0.550. The molecule has 1 saturated heterocycles. The first-order valence-corrected chi connectivity index (χ1v) is 11.0. The Hall–Kier alpha value is -2.26. The van der Waals surface area contributed by atoms with Crippen LogP contribution in [0, 0.1) is 5.92 Å². The van der Waals surface area contributed by atoms with Gasteiger partial charge in [0, 0.05) is 24.6 Å². The van der Waals surface area contributed by atoms with Crippen molar-refractivity contribution in [2.45, 2.75) is 50.5 Å². The summed E-state index contributed by atoms with van der Waals surface area (Å²) in [7, 11) is -2.42. The number of sulfonamides is 1. The van der Waals surface area contributed by atoms with Gasteiger partial charge < -0.3 is 10.1 Å². The molecule has 8 nitrogen and oxygen atoms in total. The third kappa shape index (κ3) is 5.02. The molecule has 2 rings (SSSR count). The van der Waals surface area contributed by atoms with Crippen molar-refractivity contribution in [2.75, 3.05) is 20.2 Å². The number of hydrogen-bond donors (Lipinski definition) is 1. The molecule has 0 saturated carbocycles. The largest absolute Gasteiger partial charge is 0.467 e. The first kappa shape index (κ1) is 23.0. The predicted molar refractivity (Wildman–Crippen MR) is 107 cm³/mol. The van der Waals surface area contributed by atoms with Crippen LogP contribution >= 0.6 is 0 Å². The van der Waals surface area contributed by atoms with Gasteiger partial charge in [0.2, 0.25) is 15.9 Å². The minimum absolute atomic E-state index is 0.120. The maximum Gasteiger partial charge on any atom is 0.331 e. The lowest BCUT2D eigenvalue weighted by molar-refractivity contribution is -0.151. The number of rotatable bonds is 7. The van der Waals surface area contributed by atoms with Gasteiger partial charge >= 0.3 is 5.97 Å². The summed E-state index contributed by atoms with van der Waals surface area (Å²) in [6.07, 6.45) is 1.10. The number of ether oxygens (including phenoxy) is 1. The van der Waals surface area contributed by atoms with Crippen molar-refractivity contribution >= 4 is 27.7 Å².